The Kier molecular flexibility index (Phi) is 2.15. The quantitative estimate of drug-likeness (QED) is 0.581. The molecule has 0 atom stereocenters. The summed E-state index contributed by atoms with van der Waals surface area (Å²) in [5.41, 5.74) is 5.96. The molecule has 0 heterocycles. The highest BCUT2D eigenvalue weighted by Gasteiger charge is 2.10. The molecule has 0 saturated carbocycles. The molecular formula is C9H4N4. The van der Waals surface area contributed by atoms with E-state index >= 15 is 0 Å². The minimum absolute atomic E-state index is 0.0463. The van der Waals surface area contributed by atoms with Crippen molar-refractivity contribution in [2.45, 2.75) is 0 Å². The van der Waals surface area contributed by atoms with Crippen LogP contribution in [-0.2, 0) is 0 Å². The fourth-order valence-electron chi connectivity index (χ4n) is 0.949. The van der Waals surface area contributed by atoms with Gasteiger partial charge in [0.05, 0.1) is 22.4 Å². The van der Waals surface area contributed by atoms with Gasteiger partial charge in [-0.1, -0.05) is 0 Å². The Morgan fingerprint density at radius 1 is 0.923 bits per heavy atom. The van der Waals surface area contributed by atoms with Crippen LogP contribution >= 0.6 is 0 Å². The number of rotatable bonds is 0. The molecule has 0 aliphatic rings. The molecule has 13 heavy (non-hydrogen) atoms. The van der Waals surface area contributed by atoms with E-state index in [1.54, 1.807) is 12.1 Å². The Morgan fingerprint density at radius 2 is 1.54 bits per heavy atom. The molecule has 0 aliphatic carbocycles. The van der Waals surface area contributed by atoms with Gasteiger partial charge in [-0.15, -0.1) is 0 Å². The molecule has 0 bridgehead atoms. The van der Waals surface area contributed by atoms with E-state index in [9.17, 15) is 0 Å². The van der Waals surface area contributed by atoms with Crippen molar-refractivity contribution >= 4 is 5.69 Å². The van der Waals surface area contributed by atoms with Crippen LogP contribution in [0.1, 0.15) is 16.7 Å². The van der Waals surface area contributed by atoms with E-state index in [1.165, 1.54) is 12.1 Å². The van der Waals surface area contributed by atoms with Gasteiger partial charge < -0.3 is 5.73 Å². The summed E-state index contributed by atoms with van der Waals surface area (Å²) in [7, 11) is 0. The molecule has 0 unspecified atom stereocenters. The number of anilines is 1. The topological polar surface area (TPSA) is 97.4 Å². The highest BCUT2D eigenvalue weighted by Crippen LogP contribution is 2.18. The molecule has 1 aromatic rings. The lowest BCUT2D eigenvalue weighted by atomic mass is 10.0. The maximum atomic E-state index is 8.68. The van der Waals surface area contributed by atoms with E-state index in [1.807, 2.05) is 6.07 Å². The minimum Gasteiger partial charge on any atom is -0.398 e. The molecule has 0 fully saturated rings. The molecule has 0 amide bonds. The first-order valence-corrected chi connectivity index (χ1v) is 3.37. The van der Waals surface area contributed by atoms with E-state index in [2.05, 4.69) is 0 Å². The highest BCUT2D eigenvalue weighted by atomic mass is 14.6. The zero-order chi connectivity index (χ0) is 9.84. The number of nitrogens with zero attached hydrogens (tertiary/aromatic N) is 3. The Morgan fingerprint density at radius 3 is 2.00 bits per heavy atom. The van der Waals surface area contributed by atoms with Crippen LogP contribution in [0.25, 0.3) is 0 Å². The first-order valence-electron chi connectivity index (χ1n) is 3.37. The first-order chi connectivity index (χ1) is 6.24. The van der Waals surface area contributed by atoms with Crippen LogP contribution in [-0.4, -0.2) is 0 Å². The van der Waals surface area contributed by atoms with Crippen molar-refractivity contribution in [1.29, 1.82) is 15.8 Å². The molecule has 0 aromatic heterocycles. The fraction of sp³-hybridized carbons (Fsp3) is 0. The summed E-state index contributed by atoms with van der Waals surface area (Å²) in [4.78, 5) is 0. The van der Waals surface area contributed by atoms with Gasteiger partial charge in [-0.25, -0.2) is 0 Å². The molecule has 4 nitrogen and oxygen atoms in total. The average molecular weight is 168 g/mol. The summed E-state index contributed by atoms with van der Waals surface area (Å²) in [5, 5.41) is 25.9. The van der Waals surface area contributed by atoms with Crippen molar-refractivity contribution < 1.29 is 0 Å². The third kappa shape index (κ3) is 1.27. The van der Waals surface area contributed by atoms with Gasteiger partial charge in [0.15, 0.2) is 0 Å². The van der Waals surface area contributed by atoms with Crippen molar-refractivity contribution in [2.24, 2.45) is 0 Å². The summed E-state index contributed by atoms with van der Waals surface area (Å²) in [6, 6.07) is 8.26. The minimum atomic E-state index is 0.0463. The lowest BCUT2D eigenvalue weighted by Crippen LogP contribution is -1.96. The van der Waals surface area contributed by atoms with Gasteiger partial charge in [0.1, 0.15) is 18.2 Å². The van der Waals surface area contributed by atoms with Crippen molar-refractivity contribution in [1.82, 2.24) is 0 Å². The van der Waals surface area contributed by atoms with Crippen LogP contribution in [0.15, 0.2) is 12.1 Å². The predicted octanol–water partition coefficient (Wildman–Crippen LogP) is 0.884. The van der Waals surface area contributed by atoms with Crippen LogP contribution < -0.4 is 5.73 Å². The molecule has 1 rings (SSSR count). The van der Waals surface area contributed by atoms with Gasteiger partial charge >= 0.3 is 0 Å². The summed E-state index contributed by atoms with van der Waals surface area (Å²) in [6.07, 6.45) is 0. The Hall–Kier alpha value is -2.51. The summed E-state index contributed by atoms with van der Waals surface area (Å²) in [5.74, 6) is 0. The Bertz CT molecular complexity index is 468. The van der Waals surface area contributed by atoms with Crippen molar-refractivity contribution in [2.75, 3.05) is 5.73 Å². The largest absolute Gasteiger partial charge is 0.398 e. The van der Waals surface area contributed by atoms with Crippen LogP contribution in [0.4, 0.5) is 5.69 Å². The van der Waals surface area contributed by atoms with E-state index in [0.717, 1.165) is 0 Å². The molecule has 4 heteroatoms. The number of nitriles is 3. The van der Waals surface area contributed by atoms with Gasteiger partial charge in [-0.2, -0.15) is 15.8 Å². The number of hydrogen-bond donors (Lipinski definition) is 1. The maximum absolute atomic E-state index is 8.68. The van der Waals surface area contributed by atoms with Crippen molar-refractivity contribution in [3.63, 3.8) is 0 Å². The van der Waals surface area contributed by atoms with Gasteiger partial charge in [-0.05, 0) is 12.1 Å². The normalized spacial score (nSPS) is 8.08. The predicted molar refractivity (Wildman–Crippen MR) is 45.0 cm³/mol. The molecule has 0 aliphatic heterocycles. The summed E-state index contributed by atoms with van der Waals surface area (Å²) >= 11 is 0. The molecule has 0 radical (unpaired) electrons. The van der Waals surface area contributed by atoms with Crippen molar-refractivity contribution in [3.8, 4) is 18.2 Å². The van der Waals surface area contributed by atoms with Gasteiger partial charge in [0, 0.05) is 0 Å². The van der Waals surface area contributed by atoms with E-state index in [0.29, 0.717) is 0 Å². The van der Waals surface area contributed by atoms with Crippen LogP contribution in [0, 0.1) is 34.0 Å². The smallest absolute Gasteiger partial charge is 0.103 e. The second-order valence-electron chi connectivity index (χ2n) is 2.29. The van der Waals surface area contributed by atoms with Crippen LogP contribution in [0.2, 0.25) is 0 Å². The Labute approximate surface area is 75.0 Å². The highest BCUT2D eigenvalue weighted by molar-refractivity contribution is 5.66. The second-order valence-corrected chi connectivity index (χ2v) is 2.29. The summed E-state index contributed by atoms with van der Waals surface area (Å²) < 4.78 is 0. The number of hydrogen-bond acceptors (Lipinski definition) is 4. The van der Waals surface area contributed by atoms with E-state index < -0.39 is 0 Å². The summed E-state index contributed by atoms with van der Waals surface area (Å²) in [6.45, 7) is 0. The number of nitrogens with two attached hydrogens (primary N) is 1. The Balaban J connectivity index is 3.63. The van der Waals surface area contributed by atoms with Crippen LogP contribution in [0.3, 0.4) is 0 Å². The van der Waals surface area contributed by atoms with E-state index in [4.69, 9.17) is 21.5 Å². The van der Waals surface area contributed by atoms with Gasteiger partial charge in [-0.3, -0.25) is 0 Å². The number of nitrogen functional groups attached to an aromatic ring is 1. The second kappa shape index (κ2) is 3.26. The molecule has 1 aromatic carbocycles. The van der Waals surface area contributed by atoms with Gasteiger partial charge in [0.25, 0.3) is 0 Å². The zero-order valence-electron chi connectivity index (χ0n) is 6.57. The maximum Gasteiger partial charge on any atom is 0.103 e. The number of benzene rings is 1. The van der Waals surface area contributed by atoms with E-state index in [-0.39, 0.29) is 22.4 Å². The lowest BCUT2D eigenvalue weighted by Gasteiger charge is -1.99. The molecule has 0 spiro atoms. The van der Waals surface area contributed by atoms with Crippen molar-refractivity contribution in [3.05, 3.63) is 28.8 Å². The molecule has 60 valence electrons. The molecular weight excluding hydrogens is 164 g/mol. The van der Waals surface area contributed by atoms with Gasteiger partial charge in [0.2, 0.25) is 0 Å². The fourth-order valence-corrected chi connectivity index (χ4v) is 0.949. The standard InChI is InChI=1S/C9H4N4/c10-3-6-1-2-9(13)8(5-12)7(6)4-11/h1-2H,13H2. The van der Waals surface area contributed by atoms with Crippen LogP contribution in [0.5, 0.6) is 0 Å². The molecule has 2 N–H and O–H groups in total. The average Bonchev–Trinajstić information content (AvgIpc) is 2.17. The third-order valence-corrected chi connectivity index (χ3v) is 1.58. The monoisotopic (exact) mass is 168 g/mol. The zero-order valence-corrected chi connectivity index (χ0v) is 6.57. The SMILES string of the molecule is N#Cc1ccc(N)c(C#N)c1C#N. The first kappa shape index (κ1) is 8.59. The third-order valence-electron chi connectivity index (χ3n) is 1.58. The lowest BCUT2D eigenvalue weighted by molar-refractivity contribution is 1.39. The molecule has 0 saturated heterocycles.